The first-order chi connectivity index (χ1) is 11.0. The Morgan fingerprint density at radius 2 is 1.96 bits per heavy atom. The molecule has 0 aromatic carbocycles. The zero-order valence-corrected chi connectivity index (χ0v) is 15.5. The van der Waals surface area contributed by atoms with Gasteiger partial charge in [0.25, 0.3) is 0 Å². The lowest BCUT2D eigenvalue weighted by Gasteiger charge is -2.21. The molecule has 1 unspecified atom stereocenters. The van der Waals surface area contributed by atoms with Gasteiger partial charge in [-0.15, -0.1) is 0 Å². The average molecular weight is 339 g/mol. The van der Waals surface area contributed by atoms with E-state index in [1.54, 1.807) is 4.68 Å². The number of carbonyl (C=O) groups excluding carboxylic acids is 1. The highest BCUT2D eigenvalue weighted by Gasteiger charge is 2.21. The summed E-state index contributed by atoms with van der Waals surface area (Å²) in [5, 5.41) is 16.1. The minimum atomic E-state index is -1.05. The van der Waals surface area contributed by atoms with Crippen LogP contribution in [0.4, 0.5) is 0 Å². The van der Waals surface area contributed by atoms with Crippen molar-refractivity contribution < 1.29 is 19.4 Å². The number of nitrogens with zero attached hydrogens (tertiary/aromatic N) is 2. The second-order valence-electron chi connectivity index (χ2n) is 6.98. The molecule has 0 spiro atoms. The van der Waals surface area contributed by atoms with E-state index in [0.29, 0.717) is 6.42 Å². The minimum Gasteiger partial charge on any atom is -0.480 e. The molecule has 24 heavy (non-hydrogen) atoms. The number of hydrogen-bond acceptors (Lipinski definition) is 4. The maximum atomic E-state index is 12.1. The number of amides is 1. The molecule has 2 N–H and O–H groups in total. The van der Waals surface area contributed by atoms with Crippen LogP contribution in [0.2, 0.25) is 0 Å². The highest BCUT2D eigenvalue weighted by molar-refractivity contribution is 5.83. The SMILES string of the molecule is Cc1nn(C)c(C)c1CCC(=O)NC(CCOC(C)(C)C)C(=O)O. The topological polar surface area (TPSA) is 93.5 Å². The van der Waals surface area contributed by atoms with Crippen molar-refractivity contribution in [1.29, 1.82) is 0 Å². The van der Waals surface area contributed by atoms with Gasteiger partial charge in [0.15, 0.2) is 0 Å². The molecule has 7 nitrogen and oxygen atoms in total. The summed E-state index contributed by atoms with van der Waals surface area (Å²) in [5.74, 6) is -1.32. The zero-order chi connectivity index (χ0) is 18.5. The molecule has 136 valence electrons. The maximum Gasteiger partial charge on any atom is 0.326 e. The molecule has 1 aromatic rings. The molecule has 1 atom stereocenters. The summed E-state index contributed by atoms with van der Waals surface area (Å²) in [6, 6.07) is -0.934. The van der Waals surface area contributed by atoms with Gasteiger partial charge in [0, 0.05) is 32.2 Å². The van der Waals surface area contributed by atoms with Crippen LogP contribution >= 0.6 is 0 Å². The van der Waals surface area contributed by atoms with E-state index in [-0.39, 0.29) is 31.0 Å². The molecule has 0 radical (unpaired) electrons. The van der Waals surface area contributed by atoms with Crippen molar-refractivity contribution >= 4 is 11.9 Å². The van der Waals surface area contributed by atoms with Crippen molar-refractivity contribution in [2.45, 2.75) is 65.5 Å². The first kappa shape index (κ1) is 20.2. The van der Waals surface area contributed by atoms with Crippen LogP contribution in [0.1, 0.15) is 50.6 Å². The van der Waals surface area contributed by atoms with Crippen LogP contribution in [0.5, 0.6) is 0 Å². The Bertz CT molecular complexity index is 587. The summed E-state index contributed by atoms with van der Waals surface area (Å²) in [6.07, 6.45) is 1.02. The quantitative estimate of drug-likeness (QED) is 0.752. The lowest BCUT2D eigenvalue weighted by atomic mass is 10.1. The van der Waals surface area contributed by atoms with Gasteiger partial charge < -0.3 is 15.2 Å². The summed E-state index contributed by atoms with van der Waals surface area (Å²) in [7, 11) is 1.86. The number of carbonyl (C=O) groups is 2. The van der Waals surface area contributed by atoms with Crippen LogP contribution in [-0.2, 0) is 27.8 Å². The van der Waals surface area contributed by atoms with Gasteiger partial charge in [-0.05, 0) is 46.6 Å². The molecule has 1 aromatic heterocycles. The Morgan fingerprint density at radius 3 is 2.42 bits per heavy atom. The molecule has 7 heteroatoms. The van der Waals surface area contributed by atoms with Crippen LogP contribution in [0.15, 0.2) is 0 Å². The lowest BCUT2D eigenvalue weighted by molar-refractivity contribution is -0.142. The van der Waals surface area contributed by atoms with Crippen molar-refractivity contribution in [3.05, 3.63) is 17.0 Å². The fourth-order valence-corrected chi connectivity index (χ4v) is 2.42. The second-order valence-corrected chi connectivity index (χ2v) is 6.98. The van der Waals surface area contributed by atoms with Crippen molar-refractivity contribution in [3.63, 3.8) is 0 Å². The Morgan fingerprint density at radius 1 is 1.33 bits per heavy atom. The normalized spacial score (nSPS) is 12.9. The molecule has 0 aliphatic heterocycles. The standard InChI is InChI=1S/C17H29N3O4/c1-11-13(12(2)20(6)19-11)7-8-15(21)18-14(16(22)23)9-10-24-17(3,4)5/h14H,7-10H2,1-6H3,(H,18,21)(H,22,23). The van der Waals surface area contributed by atoms with Crippen LogP contribution in [0.25, 0.3) is 0 Å². The van der Waals surface area contributed by atoms with E-state index >= 15 is 0 Å². The number of aromatic nitrogens is 2. The average Bonchev–Trinajstić information content (AvgIpc) is 2.67. The predicted molar refractivity (Wildman–Crippen MR) is 90.9 cm³/mol. The van der Waals surface area contributed by atoms with E-state index in [0.717, 1.165) is 17.0 Å². The summed E-state index contributed by atoms with van der Waals surface area (Å²) in [6.45, 7) is 9.85. The number of ether oxygens (including phenoxy) is 1. The third kappa shape index (κ3) is 6.31. The summed E-state index contributed by atoms with van der Waals surface area (Å²) in [5.41, 5.74) is 2.63. The molecule has 0 bridgehead atoms. The van der Waals surface area contributed by atoms with Gasteiger partial charge in [0.1, 0.15) is 6.04 Å². The van der Waals surface area contributed by atoms with Crippen molar-refractivity contribution in [2.75, 3.05) is 6.61 Å². The van der Waals surface area contributed by atoms with Gasteiger partial charge in [0.05, 0.1) is 11.3 Å². The maximum absolute atomic E-state index is 12.1. The predicted octanol–water partition coefficient (Wildman–Crippen LogP) is 1.74. The van der Waals surface area contributed by atoms with Gasteiger partial charge in [-0.25, -0.2) is 4.79 Å². The number of carboxylic acid groups (broad SMARTS) is 1. The van der Waals surface area contributed by atoms with Crippen molar-refractivity contribution in [3.8, 4) is 0 Å². The van der Waals surface area contributed by atoms with Gasteiger partial charge in [-0.1, -0.05) is 0 Å². The van der Waals surface area contributed by atoms with Gasteiger partial charge in [-0.3, -0.25) is 9.48 Å². The highest BCUT2D eigenvalue weighted by Crippen LogP contribution is 2.14. The number of aliphatic carboxylic acids is 1. The number of carboxylic acids is 1. The minimum absolute atomic E-state index is 0.233. The molecular formula is C17H29N3O4. The fourth-order valence-electron chi connectivity index (χ4n) is 2.42. The number of aryl methyl sites for hydroxylation is 2. The Balaban J connectivity index is 2.52. The molecule has 0 fully saturated rings. The van der Waals surface area contributed by atoms with Gasteiger partial charge in [0.2, 0.25) is 5.91 Å². The monoisotopic (exact) mass is 339 g/mol. The van der Waals surface area contributed by atoms with Crippen molar-refractivity contribution in [2.24, 2.45) is 7.05 Å². The third-order valence-electron chi connectivity index (χ3n) is 3.84. The van der Waals surface area contributed by atoms with E-state index in [4.69, 9.17) is 4.74 Å². The number of nitrogens with one attached hydrogen (secondary N) is 1. The van der Waals surface area contributed by atoms with Crippen LogP contribution in [0, 0.1) is 13.8 Å². The molecule has 1 rings (SSSR count). The van der Waals surface area contributed by atoms with E-state index in [2.05, 4.69) is 10.4 Å². The first-order valence-electron chi connectivity index (χ1n) is 8.16. The first-order valence-corrected chi connectivity index (χ1v) is 8.16. The number of rotatable bonds is 8. The smallest absolute Gasteiger partial charge is 0.326 e. The molecule has 0 saturated carbocycles. The lowest BCUT2D eigenvalue weighted by Crippen LogP contribution is -2.42. The Kier molecular flexibility index (Phi) is 6.95. The van der Waals surface area contributed by atoms with Gasteiger partial charge >= 0.3 is 5.97 Å². The van der Waals surface area contributed by atoms with Crippen LogP contribution in [0.3, 0.4) is 0 Å². The fraction of sp³-hybridized carbons (Fsp3) is 0.706. The summed E-state index contributed by atoms with van der Waals surface area (Å²) in [4.78, 5) is 23.4. The molecule has 0 aliphatic rings. The summed E-state index contributed by atoms with van der Waals surface area (Å²) < 4.78 is 7.31. The Hall–Kier alpha value is -1.89. The Labute approximate surface area is 143 Å². The highest BCUT2D eigenvalue weighted by atomic mass is 16.5. The van der Waals surface area contributed by atoms with Gasteiger partial charge in [-0.2, -0.15) is 5.10 Å². The third-order valence-corrected chi connectivity index (χ3v) is 3.84. The molecular weight excluding hydrogens is 310 g/mol. The molecule has 0 aliphatic carbocycles. The largest absolute Gasteiger partial charge is 0.480 e. The molecule has 1 heterocycles. The van der Waals surface area contributed by atoms with E-state index in [1.165, 1.54) is 0 Å². The van der Waals surface area contributed by atoms with E-state index in [9.17, 15) is 14.7 Å². The summed E-state index contributed by atoms with van der Waals surface area (Å²) >= 11 is 0. The van der Waals surface area contributed by atoms with E-state index in [1.807, 2.05) is 41.7 Å². The van der Waals surface area contributed by atoms with Crippen LogP contribution in [-0.4, -0.2) is 45.0 Å². The van der Waals surface area contributed by atoms with Crippen molar-refractivity contribution in [1.82, 2.24) is 15.1 Å². The zero-order valence-electron chi connectivity index (χ0n) is 15.5. The molecule has 1 amide bonds. The second kappa shape index (κ2) is 8.28. The molecule has 0 saturated heterocycles. The number of hydrogen-bond donors (Lipinski definition) is 2. The van der Waals surface area contributed by atoms with E-state index < -0.39 is 12.0 Å². The van der Waals surface area contributed by atoms with Crippen LogP contribution < -0.4 is 5.32 Å².